The smallest absolute Gasteiger partial charge is 0.227 e. The Bertz CT molecular complexity index is 1210. The largest absolute Gasteiger partial charge is 0.281 e. The van der Waals surface area contributed by atoms with Gasteiger partial charge in [-0.3, -0.25) is 19.2 Å². The maximum absolute atomic E-state index is 11.9. The van der Waals surface area contributed by atoms with E-state index in [1.165, 1.54) is 0 Å². The summed E-state index contributed by atoms with van der Waals surface area (Å²) < 4.78 is 0. The molecule has 0 N–H and O–H groups in total. The summed E-state index contributed by atoms with van der Waals surface area (Å²) in [6.45, 7) is 0. The third kappa shape index (κ3) is 9.31. The van der Waals surface area contributed by atoms with E-state index in [1.54, 1.807) is 97.1 Å². The van der Waals surface area contributed by atoms with Crippen LogP contribution in [0, 0.1) is 0 Å². The van der Waals surface area contributed by atoms with E-state index in [9.17, 15) is 19.2 Å². The van der Waals surface area contributed by atoms with Gasteiger partial charge in [-0.15, -0.1) is 0 Å². The van der Waals surface area contributed by atoms with Crippen LogP contribution in [0.4, 0.5) is 0 Å². The van der Waals surface area contributed by atoms with E-state index in [4.69, 9.17) is 46.4 Å². The molecule has 0 amide bonds. The van der Waals surface area contributed by atoms with E-state index in [0.717, 1.165) is 0 Å². The first kappa shape index (κ1) is 30.0. The van der Waals surface area contributed by atoms with Crippen LogP contribution in [0.2, 0.25) is 20.1 Å². The number of benzene rings is 4. The van der Waals surface area contributed by atoms with Gasteiger partial charge in [-0.05, 0) is 121 Å². The highest BCUT2D eigenvalue weighted by atomic mass is 35.5. The average molecular weight is 622 g/mol. The lowest BCUT2D eigenvalue weighted by atomic mass is 10.2. The zero-order chi connectivity index (χ0) is 27.7. The molecule has 4 nitrogen and oxygen atoms in total. The molecule has 0 heterocycles. The number of thioether (sulfide) groups is 2. The minimum atomic E-state index is -0.309. The maximum atomic E-state index is 11.9. The molecule has 0 aliphatic heterocycles. The normalized spacial score (nSPS) is 10.2. The Balaban J connectivity index is 0.000000211. The first-order valence-electron chi connectivity index (χ1n) is 10.7. The summed E-state index contributed by atoms with van der Waals surface area (Å²) in [7, 11) is 0. The van der Waals surface area contributed by atoms with Crippen LogP contribution in [0.25, 0.3) is 0 Å². The van der Waals surface area contributed by atoms with Crippen LogP contribution in [0.5, 0.6) is 0 Å². The Morgan fingerprint density at radius 1 is 0.342 bits per heavy atom. The monoisotopic (exact) mass is 620 g/mol. The van der Waals surface area contributed by atoms with Gasteiger partial charge in [0.05, 0.1) is 0 Å². The first-order valence-corrected chi connectivity index (χ1v) is 13.8. The van der Waals surface area contributed by atoms with Crippen LogP contribution >= 0.6 is 69.9 Å². The van der Waals surface area contributed by atoms with Crippen LogP contribution in [0.3, 0.4) is 0 Å². The summed E-state index contributed by atoms with van der Waals surface area (Å²) in [5.41, 5.74) is 1.77. The number of hydrogen-bond donors (Lipinski definition) is 0. The molecule has 4 rings (SSSR count). The summed E-state index contributed by atoms with van der Waals surface area (Å²) in [6.07, 6.45) is 0. The molecule has 0 aliphatic carbocycles. The number of rotatable bonds is 4. The van der Waals surface area contributed by atoms with E-state index in [1.807, 2.05) is 0 Å². The van der Waals surface area contributed by atoms with Gasteiger partial charge in [-0.2, -0.15) is 0 Å². The van der Waals surface area contributed by atoms with Crippen LogP contribution in [0.15, 0.2) is 97.1 Å². The second kappa shape index (κ2) is 14.5. The van der Waals surface area contributed by atoms with Crippen molar-refractivity contribution in [3.8, 4) is 0 Å². The fourth-order valence-corrected chi connectivity index (χ4v) is 4.60. The zero-order valence-electron chi connectivity index (χ0n) is 19.2. The lowest BCUT2D eigenvalue weighted by Crippen LogP contribution is -2.00. The molecule has 0 spiro atoms. The van der Waals surface area contributed by atoms with Gasteiger partial charge in [0.25, 0.3) is 0 Å². The van der Waals surface area contributed by atoms with Crippen LogP contribution < -0.4 is 0 Å². The van der Waals surface area contributed by atoms with Gasteiger partial charge in [0, 0.05) is 42.3 Å². The second-order valence-electron chi connectivity index (χ2n) is 7.38. The summed E-state index contributed by atoms with van der Waals surface area (Å²) in [4.78, 5) is 47.5. The van der Waals surface area contributed by atoms with Crippen LogP contribution in [-0.4, -0.2) is 20.5 Å². The van der Waals surface area contributed by atoms with E-state index in [-0.39, 0.29) is 20.5 Å². The molecular weight excluding hydrogens is 606 g/mol. The summed E-state index contributed by atoms with van der Waals surface area (Å²) in [6, 6.07) is 25.6. The zero-order valence-corrected chi connectivity index (χ0v) is 23.9. The predicted octanol–water partition coefficient (Wildman–Crippen LogP) is 9.41. The fraction of sp³-hybridized carbons (Fsp3) is 0. The van der Waals surface area contributed by atoms with Gasteiger partial charge in [0.2, 0.25) is 20.5 Å². The molecule has 0 aromatic heterocycles. The summed E-state index contributed by atoms with van der Waals surface area (Å²) in [5, 5.41) is 0.953. The van der Waals surface area contributed by atoms with Gasteiger partial charge in [-0.1, -0.05) is 46.4 Å². The van der Waals surface area contributed by atoms with Crippen molar-refractivity contribution in [2.45, 2.75) is 0 Å². The SMILES string of the molecule is O=C(SC(=O)c1ccc(Cl)cc1)c1ccc(Cl)cc1.O=C(SC(=O)c1ccc(Cl)cc1)c1ccc(Cl)cc1. The van der Waals surface area contributed by atoms with Crippen molar-refractivity contribution >= 4 is 90.4 Å². The maximum Gasteiger partial charge on any atom is 0.227 e. The molecule has 0 atom stereocenters. The number of carbonyl (C=O) groups excluding carboxylic acids is 4. The molecule has 0 unspecified atom stereocenters. The highest BCUT2D eigenvalue weighted by Gasteiger charge is 2.15. The number of carbonyl (C=O) groups is 4. The van der Waals surface area contributed by atoms with Crippen molar-refractivity contribution in [2.24, 2.45) is 0 Å². The highest BCUT2D eigenvalue weighted by molar-refractivity contribution is 8.27. The Morgan fingerprint density at radius 2 is 0.500 bits per heavy atom. The molecule has 10 heteroatoms. The van der Waals surface area contributed by atoms with E-state index in [2.05, 4.69) is 0 Å². The Hall–Kier alpha value is -2.58. The van der Waals surface area contributed by atoms with Crippen molar-refractivity contribution < 1.29 is 19.2 Å². The second-order valence-corrected chi connectivity index (χ2v) is 11.0. The Kier molecular flexibility index (Phi) is 11.5. The highest BCUT2D eigenvalue weighted by Crippen LogP contribution is 2.22. The predicted molar refractivity (Wildman–Crippen MR) is 158 cm³/mol. The van der Waals surface area contributed by atoms with E-state index in [0.29, 0.717) is 65.9 Å². The van der Waals surface area contributed by atoms with Gasteiger partial charge in [0.15, 0.2) is 0 Å². The van der Waals surface area contributed by atoms with Gasteiger partial charge >= 0.3 is 0 Å². The molecule has 0 saturated carbocycles. The van der Waals surface area contributed by atoms with E-state index >= 15 is 0 Å². The van der Waals surface area contributed by atoms with Crippen LogP contribution in [-0.2, 0) is 0 Å². The number of halogens is 4. The van der Waals surface area contributed by atoms with Crippen molar-refractivity contribution in [1.82, 2.24) is 0 Å². The Labute approximate surface area is 247 Å². The van der Waals surface area contributed by atoms with Crippen LogP contribution in [0.1, 0.15) is 41.4 Å². The molecular formula is C28H16Cl4O4S2. The molecule has 38 heavy (non-hydrogen) atoms. The quantitative estimate of drug-likeness (QED) is 0.226. The Morgan fingerprint density at radius 3 is 0.658 bits per heavy atom. The van der Waals surface area contributed by atoms with Gasteiger partial charge < -0.3 is 0 Å². The molecule has 4 aromatic carbocycles. The molecule has 4 aromatic rings. The average Bonchev–Trinajstić information content (AvgIpc) is 2.90. The van der Waals surface area contributed by atoms with Crippen molar-refractivity contribution in [1.29, 1.82) is 0 Å². The van der Waals surface area contributed by atoms with Crippen molar-refractivity contribution in [2.75, 3.05) is 0 Å². The lowest BCUT2D eigenvalue weighted by Gasteiger charge is -2.01. The molecule has 0 saturated heterocycles. The molecule has 0 fully saturated rings. The molecule has 0 radical (unpaired) electrons. The van der Waals surface area contributed by atoms with E-state index < -0.39 is 0 Å². The summed E-state index contributed by atoms with van der Waals surface area (Å²) >= 11 is 24.2. The third-order valence-electron chi connectivity index (χ3n) is 4.69. The fourth-order valence-electron chi connectivity index (χ4n) is 2.75. The molecule has 192 valence electrons. The first-order chi connectivity index (χ1) is 18.1. The molecule has 0 bridgehead atoms. The minimum absolute atomic E-state index is 0.309. The topological polar surface area (TPSA) is 68.3 Å². The van der Waals surface area contributed by atoms with Crippen molar-refractivity contribution in [3.63, 3.8) is 0 Å². The lowest BCUT2D eigenvalue weighted by molar-refractivity contribution is 0.104. The van der Waals surface area contributed by atoms with Gasteiger partial charge in [0.1, 0.15) is 0 Å². The standard InChI is InChI=1S/2C14H8Cl2O2S/c2*15-11-5-1-9(2-6-11)13(17)19-14(18)10-3-7-12(16)8-4-10/h2*1-8H. The third-order valence-corrected chi connectivity index (χ3v) is 7.38. The molecule has 0 aliphatic rings. The minimum Gasteiger partial charge on any atom is -0.281 e. The number of hydrogen-bond acceptors (Lipinski definition) is 6. The van der Waals surface area contributed by atoms with Crippen molar-refractivity contribution in [3.05, 3.63) is 139 Å². The van der Waals surface area contributed by atoms with Gasteiger partial charge in [-0.25, -0.2) is 0 Å². The summed E-state index contributed by atoms with van der Waals surface area (Å²) in [5.74, 6) is 0.